The predicted octanol–water partition coefficient (Wildman–Crippen LogP) is 4.37. The Morgan fingerprint density at radius 1 is 1.12 bits per heavy atom. The maximum Gasteiger partial charge on any atom is 0.338 e. The molecule has 122 valence electrons. The third-order valence-electron chi connectivity index (χ3n) is 3.96. The molecular weight excluding hydrogens is 419 g/mol. The second-order valence-corrected chi connectivity index (χ2v) is 6.80. The van der Waals surface area contributed by atoms with E-state index in [-0.39, 0.29) is 6.61 Å². The molecule has 0 aliphatic heterocycles. The number of fused-ring (bicyclic) bond motifs is 1. The summed E-state index contributed by atoms with van der Waals surface area (Å²) in [6.07, 6.45) is 0. The van der Waals surface area contributed by atoms with Gasteiger partial charge in [-0.3, -0.25) is 0 Å². The molecule has 5 heteroatoms. The zero-order valence-electron chi connectivity index (χ0n) is 13.3. The highest BCUT2D eigenvalue weighted by molar-refractivity contribution is 14.1. The normalized spacial score (nSPS) is 10.8. The van der Waals surface area contributed by atoms with Crippen molar-refractivity contribution in [3.05, 3.63) is 78.7 Å². The summed E-state index contributed by atoms with van der Waals surface area (Å²) in [5, 5.41) is 0.785. The van der Waals surface area contributed by atoms with Gasteiger partial charge in [-0.05, 0) is 71.8 Å². The summed E-state index contributed by atoms with van der Waals surface area (Å²) in [6.45, 7) is 3.88. The summed E-state index contributed by atoms with van der Waals surface area (Å²) in [5.41, 5.74) is 3.17. The van der Waals surface area contributed by atoms with E-state index in [1.165, 1.54) is 6.07 Å². The van der Waals surface area contributed by atoms with Crippen LogP contribution in [0.15, 0.2) is 51.7 Å². The van der Waals surface area contributed by atoms with E-state index in [1.54, 1.807) is 12.1 Å². The van der Waals surface area contributed by atoms with Gasteiger partial charge in [0.25, 0.3) is 0 Å². The van der Waals surface area contributed by atoms with Crippen LogP contribution in [0.5, 0.6) is 0 Å². The molecule has 0 aliphatic carbocycles. The maximum atomic E-state index is 12.1. The molecule has 0 radical (unpaired) electrons. The van der Waals surface area contributed by atoms with Crippen molar-refractivity contribution in [3.63, 3.8) is 0 Å². The van der Waals surface area contributed by atoms with Gasteiger partial charge in [-0.25, -0.2) is 9.59 Å². The summed E-state index contributed by atoms with van der Waals surface area (Å²) in [5.74, 6) is -0.420. The first-order valence-corrected chi connectivity index (χ1v) is 8.49. The third-order valence-corrected chi connectivity index (χ3v) is 4.68. The monoisotopic (exact) mass is 434 g/mol. The van der Waals surface area contributed by atoms with Crippen molar-refractivity contribution >= 4 is 39.5 Å². The fourth-order valence-electron chi connectivity index (χ4n) is 2.46. The highest BCUT2D eigenvalue weighted by Gasteiger charge is 2.12. The molecule has 0 saturated carbocycles. The van der Waals surface area contributed by atoms with Gasteiger partial charge in [0.15, 0.2) is 0 Å². The van der Waals surface area contributed by atoms with E-state index in [1.807, 2.05) is 38.1 Å². The zero-order chi connectivity index (χ0) is 17.3. The van der Waals surface area contributed by atoms with Crippen molar-refractivity contribution in [2.75, 3.05) is 0 Å². The van der Waals surface area contributed by atoms with Gasteiger partial charge in [-0.1, -0.05) is 12.1 Å². The van der Waals surface area contributed by atoms with E-state index in [0.717, 1.165) is 20.1 Å². The Bertz CT molecular complexity index is 971. The van der Waals surface area contributed by atoms with Crippen molar-refractivity contribution in [2.24, 2.45) is 0 Å². The molecular formula is C19H15IO4. The molecule has 3 rings (SSSR count). The van der Waals surface area contributed by atoms with Gasteiger partial charge in [-0.2, -0.15) is 0 Å². The summed E-state index contributed by atoms with van der Waals surface area (Å²) in [7, 11) is 0. The van der Waals surface area contributed by atoms with E-state index in [9.17, 15) is 9.59 Å². The first-order valence-electron chi connectivity index (χ1n) is 7.41. The van der Waals surface area contributed by atoms with Crippen LogP contribution in [0, 0.1) is 17.4 Å². The maximum absolute atomic E-state index is 12.1. The van der Waals surface area contributed by atoms with Crippen LogP contribution in [0.1, 0.15) is 27.0 Å². The molecule has 0 saturated heterocycles. The molecule has 4 nitrogen and oxygen atoms in total. The van der Waals surface area contributed by atoms with Crippen molar-refractivity contribution in [1.29, 1.82) is 0 Å². The summed E-state index contributed by atoms with van der Waals surface area (Å²) in [6, 6.07) is 12.3. The molecule has 3 aromatic rings. The van der Waals surface area contributed by atoms with Gasteiger partial charge in [-0.15, -0.1) is 0 Å². The summed E-state index contributed by atoms with van der Waals surface area (Å²) >= 11 is 2.17. The van der Waals surface area contributed by atoms with Crippen molar-refractivity contribution in [3.8, 4) is 0 Å². The Kier molecular flexibility index (Phi) is 4.71. The number of carbonyl (C=O) groups is 1. The average molecular weight is 434 g/mol. The quantitative estimate of drug-likeness (QED) is 0.349. The molecule has 0 N–H and O–H groups in total. The smallest absolute Gasteiger partial charge is 0.338 e. The second kappa shape index (κ2) is 6.76. The highest BCUT2D eigenvalue weighted by atomic mass is 127. The zero-order valence-corrected chi connectivity index (χ0v) is 15.4. The molecule has 0 unspecified atom stereocenters. The first kappa shape index (κ1) is 16.7. The van der Waals surface area contributed by atoms with Gasteiger partial charge in [0.05, 0.1) is 5.56 Å². The number of esters is 1. The number of hydrogen-bond donors (Lipinski definition) is 0. The molecule has 24 heavy (non-hydrogen) atoms. The van der Waals surface area contributed by atoms with E-state index < -0.39 is 11.6 Å². The number of carbonyl (C=O) groups excluding carboxylic acids is 1. The number of rotatable bonds is 3. The fraction of sp³-hybridized carbons (Fsp3) is 0.158. The van der Waals surface area contributed by atoms with Crippen LogP contribution in [0.25, 0.3) is 11.0 Å². The fourth-order valence-corrected chi connectivity index (χ4v) is 2.82. The van der Waals surface area contributed by atoms with Gasteiger partial charge < -0.3 is 9.15 Å². The Balaban J connectivity index is 1.90. The highest BCUT2D eigenvalue weighted by Crippen LogP contribution is 2.24. The number of hydrogen-bond acceptors (Lipinski definition) is 4. The second-order valence-electron chi connectivity index (χ2n) is 5.56. The van der Waals surface area contributed by atoms with E-state index in [0.29, 0.717) is 16.7 Å². The lowest BCUT2D eigenvalue weighted by Gasteiger charge is -2.10. The topological polar surface area (TPSA) is 56.5 Å². The number of halogens is 1. The van der Waals surface area contributed by atoms with Crippen LogP contribution < -0.4 is 5.63 Å². The van der Waals surface area contributed by atoms with Crippen LogP contribution in [0.4, 0.5) is 0 Å². The van der Waals surface area contributed by atoms with Crippen LogP contribution in [0.2, 0.25) is 0 Å². The average Bonchev–Trinajstić information content (AvgIpc) is 2.56. The molecule has 0 amide bonds. The predicted molar refractivity (Wildman–Crippen MR) is 100 cm³/mol. The van der Waals surface area contributed by atoms with Crippen LogP contribution in [0.3, 0.4) is 0 Å². The number of aryl methyl sites for hydroxylation is 2. The molecule has 0 aliphatic rings. The van der Waals surface area contributed by atoms with E-state index in [4.69, 9.17) is 9.15 Å². The van der Waals surface area contributed by atoms with Crippen LogP contribution in [-0.4, -0.2) is 5.97 Å². The van der Waals surface area contributed by atoms with Crippen LogP contribution >= 0.6 is 22.6 Å². The SMILES string of the molecule is Cc1ccc2c(COC(=O)c3ccc(I)cc3)cc(=O)oc2c1C. The van der Waals surface area contributed by atoms with Crippen LogP contribution in [-0.2, 0) is 11.3 Å². The minimum atomic E-state index is -0.448. The molecule has 0 spiro atoms. The van der Waals surface area contributed by atoms with Gasteiger partial charge in [0, 0.05) is 20.6 Å². The lowest BCUT2D eigenvalue weighted by atomic mass is 10.0. The molecule has 2 aromatic carbocycles. The standard InChI is InChI=1S/C19H15IO4/c1-11-3-8-16-14(9-17(21)24-18(16)12(11)2)10-23-19(22)13-4-6-15(20)7-5-13/h3-9H,10H2,1-2H3. The first-order chi connectivity index (χ1) is 11.5. The minimum Gasteiger partial charge on any atom is -0.457 e. The Morgan fingerprint density at radius 3 is 2.54 bits per heavy atom. The minimum absolute atomic E-state index is 0.0232. The van der Waals surface area contributed by atoms with Crippen molar-refractivity contribution < 1.29 is 13.9 Å². The Morgan fingerprint density at radius 2 is 1.83 bits per heavy atom. The molecule has 0 fully saturated rings. The molecule has 0 atom stereocenters. The Hall–Kier alpha value is -2.15. The van der Waals surface area contributed by atoms with E-state index in [2.05, 4.69) is 22.6 Å². The molecule has 1 heterocycles. The van der Waals surface area contributed by atoms with Gasteiger partial charge >= 0.3 is 11.6 Å². The number of benzene rings is 2. The van der Waals surface area contributed by atoms with Crippen molar-refractivity contribution in [2.45, 2.75) is 20.5 Å². The number of ether oxygens (including phenoxy) is 1. The lowest BCUT2D eigenvalue weighted by Crippen LogP contribution is -2.08. The third kappa shape index (κ3) is 3.36. The molecule has 1 aromatic heterocycles. The van der Waals surface area contributed by atoms with Gasteiger partial charge in [0.1, 0.15) is 12.2 Å². The lowest BCUT2D eigenvalue weighted by molar-refractivity contribution is 0.0474. The largest absolute Gasteiger partial charge is 0.457 e. The molecule has 0 bridgehead atoms. The summed E-state index contributed by atoms with van der Waals surface area (Å²) in [4.78, 5) is 24.0. The summed E-state index contributed by atoms with van der Waals surface area (Å²) < 4.78 is 11.7. The van der Waals surface area contributed by atoms with Crippen molar-refractivity contribution in [1.82, 2.24) is 0 Å². The van der Waals surface area contributed by atoms with E-state index >= 15 is 0 Å². The Labute approximate surface area is 152 Å². The van der Waals surface area contributed by atoms with Gasteiger partial charge in [0.2, 0.25) is 0 Å².